The highest BCUT2D eigenvalue weighted by Crippen LogP contribution is 2.19. The van der Waals surface area contributed by atoms with E-state index in [2.05, 4.69) is 5.32 Å². The third kappa shape index (κ3) is 4.38. The molecule has 0 saturated carbocycles. The molecular formula is C16H20N2O6. The predicted molar refractivity (Wildman–Crippen MR) is 83.7 cm³/mol. The van der Waals surface area contributed by atoms with Crippen LogP contribution in [0.4, 0.5) is 0 Å². The van der Waals surface area contributed by atoms with Crippen LogP contribution in [0.2, 0.25) is 0 Å². The number of quaternary nitrogens is 1. The number of ketones is 1. The number of nitrogens with one attached hydrogen (secondary N) is 2. The molecule has 1 fully saturated rings. The fourth-order valence-corrected chi connectivity index (χ4v) is 2.54. The monoisotopic (exact) mass is 336 g/mol. The van der Waals surface area contributed by atoms with Gasteiger partial charge in [-0.05, 0) is 31.5 Å². The zero-order valence-corrected chi connectivity index (χ0v) is 13.3. The van der Waals surface area contributed by atoms with Crippen molar-refractivity contribution < 1.29 is 29.3 Å². The zero-order valence-electron chi connectivity index (χ0n) is 13.3. The molecule has 0 aromatic heterocycles. The molecule has 8 nitrogen and oxygen atoms in total. The van der Waals surface area contributed by atoms with E-state index in [0.29, 0.717) is 12.2 Å². The number of aliphatic hydroxyl groups is 1. The molecule has 2 rings (SSSR count). The second-order valence-corrected chi connectivity index (χ2v) is 5.60. The van der Waals surface area contributed by atoms with E-state index >= 15 is 0 Å². The van der Waals surface area contributed by atoms with Gasteiger partial charge in [0, 0.05) is 5.56 Å². The maximum absolute atomic E-state index is 12.4. The number of hydrogen-bond acceptors (Lipinski definition) is 6. The molecule has 24 heavy (non-hydrogen) atoms. The number of hydrogen-bond donors (Lipinski definition) is 3. The van der Waals surface area contributed by atoms with Gasteiger partial charge in [-0.2, -0.15) is 0 Å². The summed E-state index contributed by atoms with van der Waals surface area (Å²) in [6, 6.07) is 4.04. The molecule has 2 atom stereocenters. The molecule has 0 spiro atoms. The molecular weight excluding hydrogens is 316 g/mol. The topological polar surface area (TPSA) is 120 Å². The van der Waals surface area contributed by atoms with Crippen molar-refractivity contribution in [2.45, 2.75) is 25.8 Å². The summed E-state index contributed by atoms with van der Waals surface area (Å²) in [5, 5.41) is 22.4. The lowest BCUT2D eigenvalue weighted by atomic mass is 10.0. The van der Waals surface area contributed by atoms with Crippen LogP contribution < -0.4 is 15.1 Å². The Labute approximate surface area is 139 Å². The van der Waals surface area contributed by atoms with Crippen LogP contribution >= 0.6 is 0 Å². The standard InChI is InChI=1S/C16H20N2O6/c1-10(20)14-8-12(24-7-6-19)3-4-13(14)16(22)17-11-2-5-15(21)18(23)9-11/h3-4,8,11,18-19H,2,5-7,9H2,1H3,(H,17,22). The highest BCUT2D eigenvalue weighted by molar-refractivity contribution is 6.07. The zero-order chi connectivity index (χ0) is 17.7. The minimum Gasteiger partial charge on any atom is -0.627 e. The Morgan fingerprint density at radius 1 is 1.42 bits per heavy atom. The van der Waals surface area contributed by atoms with Crippen molar-refractivity contribution in [1.29, 1.82) is 0 Å². The first-order chi connectivity index (χ1) is 11.4. The van der Waals surface area contributed by atoms with Gasteiger partial charge in [0.1, 0.15) is 18.9 Å². The van der Waals surface area contributed by atoms with Gasteiger partial charge in [0.05, 0.1) is 24.6 Å². The summed E-state index contributed by atoms with van der Waals surface area (Å²) in [7, 11) is 0. The van der Waals surface area contributed by atoms with E-state index in [-0.39, 0.29) is 43.1 Å². The van der Waals surface area contributed by atoms with Crippen molar-refractivity contribution in [1.82, 2.24) is 5.32 Å². The van der Waals surface area contributed by atoms with E-state index in [0.717, 1.165) is 0 Å². The second-order valence-electron chi connectivity index (χ2n) is 5.60. The van der Waals surface area contributed by atoms with Crippen molar-refractivity contribution in [3.8, 4) is 5.75 Å². The molecule has 8 heteroatoms. The lowest BCUT2D eigenvalue weighted by Crippen LogP contribution is -3.12. The number of carbonyl (C=O) groups excluding carboxylic acids is 3. The molecule has 1 aliphatic rings. The second kappa shape index (κ2) is 8.00. The van der Waals surface area contributed by atoms with Crippen LogP contribution in [0.15, 0.2) is 18.2 Å². The number of aliphatic hydroxyl groups excluding tert-OH is 1. The van der Waals surface area contributed by atoms with Crippen LogP contribution in [-0.4, -0.2) is 48.5 Å². The largest absolute Gasteiger partial charge is 0.627 e. The van der Waals surface area contributed by atoms with Crippen LogP contribution in [0.5, 0.6) is 5.75 Å². The summed E-state index contributed by atoms with van der Waals surface area (Å²) in [4.78, 5) is 35.4. The molecule has 1 aromatic carbocycles. The Morgan fingerprint density at radius 2 is 2.17 bits per heavy atom. The lowest BCUT2D eigenvalue weighted by molar-refractivity contribution is -0.770. The minimum atomic E-state index is -0.480. The van der Waals surface area contributed by atoms with Crippen molar-refractivity contribution in [3.05, 3.63) is 34.5 Å². The Bertz CT molecular complexity index is 645. The smallest absolute Gasteiger partial charge is 0.312 e. The third-order valence-corrected chi connectivity index (χ3v) is 3.77. The van der Waals surface area contributed by atoms with Crippen LogP contribution in [0.25, 0.3) is 0 Å². The molecule has 0 bridgehead atoms. The highest BCUT2D eigenvalue weighted by atomic mass is 16.5. The van der Waals surface area contributed by atoms with Gasteiger partial charge in [0.15, 0.2) is 5.78 Å². The Morgan fingerprint density at radius 3 is 2.79 bits per heavy atom. The third-order valence-electron chi connectivity index (χ3n) is 3.77. The number of ether oxygens (including phenoxy) is 1. The van der Waals surface area contributed by atoms with E-state index in [9.17, 15) is 19.6 Å². The molecule has 1 aromatic rings. The van der Waals surface area contributed by atoms with E-state index in [1.165, 1.54) is 25.1 Å². The first-order valence-electron chi connectivity index (χ1n) is 7.68. The van der Waals surface area contributed by atoms with E-state index < -0.39 is 22.9 Å². The van der Waals surface area contributed by atoms with Gasteiger partial charge in [-0.3, -0.25) is 9.59 Å². The van der Waals surface area contributed by atoms with Gasteiger partial charge < -0.3 is 25.4 Å². The summed E-state index contributed by atoms with van der Waals surface area (Å²) in [5.41, 5.74) is 0.379. The summed E-state index contributed by atoms with van der Waals surface area (Å²) in [5.74, 6) is -0.801. The average Bonchev–Trinajstić information content (AvgIpc) is 2.56. The van der Waals surface area contributed by atoms with Crippen molar-refractivity contribution >= 4 is 17.6 Å². The molecule has 2 unspecified atom stereocenters. The highest BCUT2D eigenvalue weighted by Gasteiger charge is 2.27. The molecule has 1 saturated heterocycles. The van der Waals surface area contributed by atoms with Crippen LogP contribution in [0.3, 0.4) is 0 Å². The first-order valence-corrected chi connectivity index (χ1v) is 7.68. The van der Waals surface area contributed by atoms with E-state index in [1.807, 2.05) is 0 Å². The normalized spacial score (nSPS) is 20.5. The number of carbonyl (C=O) groups is 3. The quantitative estimate of drug-likeness (QED) is 0.456. The summed E-state index contributed by atoms with van der Waals surface area (Å²) < 4.78 is 5.24. The summed E-state index contributed by atoms with van der Waals surface area (Å²) in [6.45, 7) is 1.25. The van der Waals surface area contributed by atoms with E-state index in [4.69, 9.17) is 9.84 Å². The summed E-state index contributed by atoms with van der Waals surface area (Å²) in [6.07, 6.45) is 0.528. The Hall–Kier alpha value is -2.29. The molecule has 3 N–H and O–H groups in total. The maximum Gasteiger partial charge on any atom is 0.312 e. The number of rotatable bonds is 6. The van der Waals surface area contributed by atoms with Gasteiger partial charge in [0.25, 0.3) is 5.91 Å². The van der Waals surface area contributed by atoms with E-state index in [1.54, 1.807) is 0 Å². The van der Waals surface area contributed by atoms with Crippen LogP contribution in [0, 0.1) is 5.21 Å². The lowest BCUT2D eigenvalue weighted by Gasteiger charge is -2.30. The number of amides is 2. The maximum atomic E-state index is 12.4. The molecule has 0 aliphatic carbocycles. The first kappa shape index (κ1) is 18.1. The fourth-order valence-electron chi connectivity index (χ4n) is 2.54. The Balaban J connectivity index is 2.13. The van der Waals surface area contributed by atoms with Crippen molar-refractivity contribution in [3.63, 3.8) is 0 Å². The van der Waals surface area contributed by atoms with Gasteiger partial charge in [-0.1, -0.05) is 0 Å². The molecule has 2 amide bonds. The van der Waals surface area contributed by atoms with Crippen LogP contribution in [0.1, 0.15) is 40.5 Å². The SMILES string of the molecule is CC(=O)c1cc(OCCO)ccc1C(=O)NC1CCC(=O)[NH+]([O-])C1. The van der Waals surface area contributed by atoms with Gasteiger partial charge in [0.2, 0.25) is 0 Å². The molecule has 1 aliphatic heterocycles. The van der Waals surface area contributed by atoms with Crippen LogP contribution in [-0.2, 0) is 4.79 Å². The number of benzene rings is 1. The number of Topliss-reactive ketones (excluding diaryl/α,β-unsaturated/α-hetero) is 1. The van der Waals surface area contributed by atoms with Crippen molar-refractivity contribution in [2.75, 3.05) is 19.8 Å². The predicted octanol–water partition coefficient (Wildman–Crippen LogP) is -0.938. The molecule has 1 heterocycles. The van der Waals surface area contributed by atoms with Gasteiger partial charge in [-0.15, -0.1) is 0 Å². The number of hydroxylamine groups is 2. The van der Waals surface area contributed by atoms with Gasteiger partial charge in [-0.25, -0.2) is 4.79 Å². The minimum absolute atomic E-state index is 0.0162. The average molecular weight is 336 g/mol. The number of piperidine rings is 1. The van der Waals surface area contributed by atoms with Crippen molar-refractivity contribution in [2.24, 2.45) is 0 Å². The summed E-state index contributed by atoms with van der Waals surface area (Å²) >= 11 is 0. The fraction of sp³-hybridized carbons (Fsp3) is 0.438. The van der Waals surface area contributed by atoms with Gasteiger partial charge >= 0.3 is 5.91 Å². The molecule has 0 radical (unpaired) electrons. The molecule has 130 valence electrons. The Kier molecular flexibility index (Phi) is 6.02.